The Kier molecular flexibility index (Phi) is 3.42. The fourth-order valence-electron chi connectivity index (χ4n) is 1.18. The number of aromatic hydroxyl groups is 2. The van der Waals surface area contributed by atoms with Crippen LogP contribution in [-0.4, -0.2) is 15.4 Å². The molecule has 1 aromatic heterocycles. The molecule has 0 radical (unpaired) electrons. The van der Waals surface area contributed by atoms with Crippen LogP contribution in [0.3, 0.4) is 0 Å². The molecule has 0 saturated heterocycles. The van der Waals surface area contributed by atoms with Crippen LogP contribution in [0.2, 0.25) is 5.02 Å². The molecule has 0 bridgehead atoms. The Labute approximate surface area is 92.1 Å². The molecule has 2 aromatic rings. The fourth-order valence-corrected chi connectivity index (χ4v) is 1.50. The number of aromatic nitrogens is 1. The Hall–Kier alpha value is -1.42. The highest BCUT2D eigenvalue weighted by atomic mass is 35.5. The van der Waals surface area contributed by atoms with Crippen LogP contribution < -0.4 is 0 Å². The van der Waals surface area contributed by atoms with Crippen molar-refractivity contribution in [2.75, 3.05) is 0 Å². The van der Waals surface area contributed by atoms with Gasteiger partial charge in [-0.05, 0) is 6.92 Å². The molecule has 2 rings (SSSR count). The molecule has 5 heteroatoms. The lowest BCUT2D eigenvalue weighted by Crippen LogP contribution is -1.75. The number of phenols is 2. The second-order valence-electron chi connectivity index (χ2n) is 2.70. The molecule has 82 valence electrons. The van der Waals surface area contributed by atoms with E-state index in [9.17, 15) is 10.2 Å². The Morgan fingerprint density at radius 3 is 2.53 bits per heavy atom. The van der Waals surface area contributed by atoms with Gasteiger partial charge in [0.15, 0.2) is 17.1 Å². The van der Waals surface area contributed by atoms with Crippen molar-refractivity contribution in [3.8, 4) is 11.5 Å². The fraction of sp³-hybridized carbons (Fsp3) is 0.300. The van der Waals surface area contributed by atoms with Gasteiger partial charge in [0, 0.05) is 6.07 Å². The molecule has 0 aliphatic rings. The van der Waals surface area contributed by atoms with E-state index in [2.05, 4.69) is 5.16 Å². The minimum absolute atomic E-state index is 0.0637. The molecule has 4 nitrogen and oxygen atoms in total. The average Bonchev–Trinajstić information content (AvgIpc) is 2.60. The highest BCUT2D eigenvalue weighted by Crippen LogP contribution is 2.40. The van der Waals surface area contributed by atoms with E-state index in [1.165, 1.54) is 6.07 Å². The largest absolute Gasteiger partial charge is 0.504 e. The van der Waals surface area contributed by atoms with Crippen LogP contribution in [0.5, 0.6) is 11.5 Å². The first kappa shape index (κ1) is 11.7. The van der Waals surface area contributed by atoms with E-state index in [4.69, 9.17) is 16.1 Å². The monoisotopic (exact) mass is 229 g/mol. The molecular weight excluding hydrogens is 218 g/mol. The summed E-state index contributed by atoms with van der Waals surface area (Å²) < 4.78 is 4.86. The number of aryl methyl sites for hydroxylation is 1. The van der Waals surface area contributed by atoms with Gasteiger partial charge in [-0.25, -0.2) is 0 Å². The van der Waals surface area contributed by atoms with Crippen molar-refractivity contribution in [2.45, 2.75) is 20.8 Å². The van der Waals surface area contributed by atoms with E-state index in [1.807, 2.05) is 13.8 Å². The van der Waals surface area contributed by atoms with Crippen LogP contribution in [-0.2, 0) is 0 Å². The Bertz CT molecular complexity index is 479. The van der Waals surface area contributed by atoms with E-state index >= 15 is 0 Å². The lowest BCUT2D eigenvalue weighted by molar-refractivity contribution is 0.402. The van der Waals surface area contributed by atoms with Gasteiger partial charge < -0.3 is 14.7 Å². The van der Waals surface area contributed by atoms with E-state index in [-0.39, 0.29) is 16.5 Å². The lowest BCUT2D eigenvalue weighted by atomic mass is 10.2. The minimum Gasteiger partial charge on any atom is -0.504 e. The Morgan fingerprint density at radius 1 is 1.33 bits per heavy atom. The van der Waals surface area contributed by atoms with Gasteiger partial charge in [-0.15, -0.1) is 0 Å². The number of benzene rings is 1. The van der Waals surface area contributed by atoms with Crippen molar-refractivity contribution in [1.29, 1.82) is 0 Å². The first-order valence-electron chi connectivity index (χ1n) is 4.57. The van der Waals surface area contributed by atoms with Gasteiger partial charge in [0.2, 0.25) is 0 Å². The SMILES string of the molecule is CC.Cc1noc2cc(O)c(O)c(Cl)c12. The zero-order valence-corrected chi connectivity index (χ0v) is 9.46. The van der Waals surface area contributed by atoms with Crippen molar-refractivity contribution in [3.63, 3.8) is 0 Å². The van der Waals surface area contributed by atoms with Gasteiger partial charge in [-0.3, -0.25) is 0 Å². The number of phenolic OH excluding ortho intramolecular Hbond substituents is 2. The summed E-state index contributed by atoms with van der Waals surface area (Å²) in [7, 11) is 0. The van der Waals surface area contributed by atoms with Gasteiger partial charge >= 0.3 is 0 Å². The van der Waals surface area contributed by atoms with Crippen molar-refractivity contribution in [2.24, 2.45) is 0 Å². The topological polar surface area (TPSA) is 66.5 Å². The van der Waals surface area contributed by atoms with Gasteiger partial charge in [-0.1, -0.05) is 30.6 Å². The van der Waals surface area contributed by atoms with Crippen molar-refractivity contribution in [1.82, 2.24) is 5.16 Å². The summed E-state index contributed by atoms with van der Waals surface area (Å²) in [6.07, 6.45) is 0. The van der Waals surface area contributed by atoms with Gasteiger partial charge in [-0.2, -0.15) is 0 Å². The van der Waals surface area contributed by atoms with E-state index < -0.39 is 0 Å². The zero-order valence-electron chi connectivity index (χ0n) is 8.71. The lowest BCUT2D eigenvalue weighted by Gasteiger charge is -1.99. The summed E-state index contributed by atoms with van der Waals surface area (Å²) in [5.74, 6) is -0.658. The van der Waals surface area contributed by atoms with Crippen LogP contribution in [0.4, 0.5) is 0 Å². The summed E-state index contributed by atoms with van der Waals surface area (Å²) in [5.41, 5.74) is 0.938. The maximum absolute atomic E-state index is 9.30. The third-order valence-electron chi connectivity index (χ3n) is 1.83. The predicted octanol–water partition coefficient (Wildman–Crippen LogP) is 3.23. The minimum atomic E-state index is -0.347. The van der Waals surface area contributed by atoms with E-state index in [0.717, 1.165) is 0 Å². The third-order valence-corrected chi connectivity index (χ3v) is 2.19. The van der Waals surface area contributed by atoms with Crippen LogP contribution in [0.15, 0.2) is 10.6 Å². The molecule has 0 amide bonds. The second kappa shape index (κ2) is 4.40. The molecular formula is C10H12ClNO3. The molecule has 0 unspecified atom stereocenters. The quantitative estimate of drug-likeness (QED) is 0.681. The van der Waals surface area contributed by atoms with E-state index in [0.29, 0.717) is 16.7 Å². The van der Waals surface area contributed by atoms with Crippen LogP contribution >= 0.6 is 11.6 Å². The normalized spacial score (nSPS) is 9.87. The highest BCUT2D eigenvalue weighted by Gasteiger charge is 2.15. The molecule has 0 aliphatic heterocycles. The van der Waals surface area contributed by atoms with Crippen LogP contribution in [0.1, 0.15) is 19.5 Å². The molecule has 0 spiro atoms. The Morgan fingerprint density at radius 2 is 1.93 bits per heavy atom. The highest BCUT2D eigenvalue weighted by molar-refractivity contribution is 6.37. The summed E-state index contributed by atoms with van der Waals surface area (Å²) in [5, 5.41) is 22.7. The van der Waals surface area contributed by atoms with Crippen molar-refractivity contribution in [3.05, 3.63) is 16.8 Å². The maximum Gasteiger partial charge on any atom is 0.177 e. The smallest absolute Gasteiger partial charge is 0.177 e. The molecule has 1 heterocycles. The third kappa shape index (κ3) is 1.85. The zero-order chi connectivity index (χ0) is 11.6. The summed E-state index contributed by atoms with van der Waals surface area (Å²) in [6, 6.07) is 1.27. The van der Waals surface area contributed by atoms with Crippen molar-refractivity contribution >= 4 is 22.6 Å². The van der Waals surface area contributed by atoms with Gasteiger partial charge in [0.05, 0.1) is 16.1 Å². The molecule has 0 aliphatic carbocycles. The maximum atomic E-state index is 9.30. The number of rotatable bonds is 0. The number of hydrogen-bond acceptors (Lipinski definition) is 4. The summed E-state index contributed by atoms with van der Waals surface area (Å²) >= 11 is 5.77. The number of nitrogens with zero attached hydrogens (tertiary/aromatic N) is 1. The average molecular weight is 230 g/mol. The summed E-state index contributed by atoms with van der Waals surface area (Å²) in [4.78, 5) is 0. The molecule has 0 fully saturated rings. The number of fused-ring (bicyclic) bond motifs is 1. The molecule has 15 heavy (non-hydrogen) atoms. The van der Waals surface area contributed by atoms with E-state index in [1.54, 1.807) is 6.92 Å². The Balaban J connectivity index is 0.000000531. The predicted molar refractivity (Wildman–Crippen MR) is 58.4 cm³/mol. The van der Waals surface area contributed by atoms with Crippen molar-refractivity contribution < 1.29 is 14.7 Å². The molecule has 1 aromatic carbocycles. The summed E-state index contributed by atoms with van der Waals surface area (Å²) in [6.45, 7) is 5.70. The first-order valence-corrected chi connectivity index (χ1v) is 4.95. The molecule has 2 N–H and O–H groups in total. The van der Waals surface area contributed by atoms with Gasteiger partial charge in [0.25, 0.3) is 0 Å². The first-order chi connectivity index (χ1) is 7.11. The van der Waals surface area contributed by atoms with Gasteiger partial charge in [0.1, 0.15) is 0 Å². The van der Waals surface area contributed by atoms with Crippen LogP contribution in [0, 0.1) is 6.92 Å². The van der Waals surface area contributed by atoms with Crippen LogP contribution in [0.25, 0.3) is 11.0 Å². The number of hydrogen-bond donors (Lipinski definition) is 2. The standard InChI is InChI=1S/C8H6ClNO3.C2H6/c1-3-6-5(13-10-3)2-4(11)8(12)7(6)9;1-2/h2,11-12H,1H3;1-2H3. The molecule has 0 saturated carbocycles. The second-order valence-corrected chi connectivity index (χ2v) is 3.08. The number of halogens is 1. The molecule has 0 atom stereocenters.